The van der Waals surface area contributed by atoms with Crippen molar-refractivity contribution < 1.29 is 9.53 Å². The van der Waals surface area contributed by atoms with E-state index in [9.17, 15) is 4.79 Å². The van der Waals surface area contributed by atoms with Crippen molar-refractivity contribution in [3.05, 3.63) is 29.3 Å². The lowest BCUT2D eigenvalue weighted by molar-refractivity contribution is -0.127. The fourth-order valence-electron chi connectivity index (χ4n) is 1.99. The van der Waals surface area contributed by atoms with E-state index in [0.717, 1.165) is 17.5 Å². The number of hydrogen-bond donors (Lipinski definition) is 2. The molecule has 0 aliphatic heterocycles. The van der Waals surface area contributed by atoms with E-state index in [2.05, 4.69) is 19.2 Å². The highest BCUT2D eigenvalue weighted by molar-refractivity contribution is 5.80. The van der Waals surface area contributed by atoms with Crippen molar-refractivity contribution in [3.8, 4) is 5.75 Å². The molecular weight excluding hydrogens is 264 g/mol. The van der Waals surface area contributed by atoms with Crippen LogP contribution in [0.25, 0.3) is 0 Å². The summed E-state index contributed by atoms with van der Waals surface area (Å²) in [5.74, 6) is 1.17. The van der Waals surface area contributed by atoms with E-state index in [1.807, 2.05) is 32.0 Å². The highest BCUT2D eigenvalue weighted by Crippen LogP contribution is 2.26. The number of aryl methyl sites for hydroxylation is 1. The molecule has 1 rings (SSSR count). The molecule has 21 heavy (non-hydrogen) atoms. The van der Waals surface area contributed by atoms with Crippen LogP contribution in [-0.2, 0) is 4.79 Å². The Morgan fingerprint density at radius 2 is 1.95 bits per heavy atom. The van der Waals surface area contributed by atoms with Gasteiger partial charge in [-0.1, -0.05) is 26.0 Å². The molecule has 0 fully saturated rings. The Morgan fingerprint density at radius 1 is 1.29 bits per heavy atom. The Morgan fingerprint density at radius 3 is 2.52 bits per heavy atom. The summed E-state index contributed by atoms with van der Waals surface area (Å²) in [7, 11) is 0. The van der Waals surface area contributed by atoms with Crippen LogP contribution in [0.5, 0.6) is 5.75 Å². The molecule has 0 aromatic heterocycles. The van der Waals surface area contributed by atoms with E-state index in [-0.39, 0.29) is 11.9 Å². The number of hydrogen-bond acceptors (Lipinski definition) is 3. The van der Waals surface area contributed by atoms with Gasteiger partial charge in [-0.2, -0.15) is 0 Å². The van der Waals surface area contributed by atoms with Gasteiger partial charge < -0.3 is 15.8 Å². The topological polar surface area (TPSA) is 64.3 Å². The fraction of sp³-hybridized carbons (Fsp3) is 0.588. The molecule has 0 spiro atoms. The van der Waals surface area contributed by atoms with Crippen LogP contribution in [0.2, 0.25) is 0 Å². The molecule has 0 aliphatic carbocycles. The summed E-state index contributed by atoms with van der Waals surface area (Å²) in [4.78, 5) is 12.0. The molecule has 118 valence electrons. The number of benzene rings is 1. The quantitative estimate of drug-likeness (QED) is 0.812. The molecule has 0 aliphatic rings. The zero-order chi connectivity index (χ0) is 16.0. The molecule has 0 radical (unpaired) electrons. The van der Waals surface area contributed by atoms with Gasteiger partial charge in [0, 0.05) is 18.2 Å². The van der Waals surface area contributed by atoms with Gasteiger partial charge in [0.15, 0.2) is 6.10 Å². The molecule has 0 saturated heterocycles. The van der Waals surface area contributed by atoms with Gasteiger partial charge in [-0.15, -0.1) is 0 Å². The molecule has 4 heteroatoms. The monoisotopic (exact) mass is 292 g/mol. The molecule has 2 unspecified atom stereocenters. The van der Waals surface area contributed by atoms with Crippen molar-refractivity contribution in [1.29, 1.82) is 0 Å². The summed E-state index contributed by atoms with van der Waals surface area (Å²) >= 11 is 0. The maximum Gasteiger partial charge on any atom is 0.260 e. The number of nitrogens with two attached hydrogens (primary N) is 1. The van der Waals surface area contributed by atoms with Crippen molar-refractivity contribution in [2.75, 3.05) is 6.54 Å². The first kappa shape index (κ1) is 17.5. The first-order valence-corrected chi connectivity index (χ1v) is 7.61. The lowest BCUT2D eigenvalue weighted by Gasteiger charge is -2.19. The predicted octanol–water partition coefficient (Wildman–Crippen LogP) is 2.94. The van der Waals surface area contributed by atoms with Crippen molar-refractivity contribution in [1.82, 2.24) is 5.32 Å². The third kappa shape index (κ3) is 5.76. The number of nitrogens with one attached hydrogen (secondary N) is 1. The fourth-order valence-corrected chi connectivity index (χ4v) is 1.99. The largest absolute Gasteiger partial charge is 0.481 e. The van der Waals surface area contributed by atoms with Crippen LogP contribution in [0.3, 0.4) is 0 Å². The van der Waals surface area contributed by atoms with Gasteiger partial charge in [-0.25, -0.2) is 0 Å². The summed E-state index contributed by atoms with van der Waals surface area (Å²) < 4.78 is 5.81. The summed E-state index contributed by atoms with van der Waals surface area (Å²) in [5.41, 5.74) is 7.95. The van der Waals surface area contributed by atoms with Crippen LogP contribution in [-0.4, -0.2) is 18.6 Å². The first-order chi connectivity index (χ1) is 9.81. The van der Waals surface area contributed by atoms with Crippen LogP contribution in [0, 0.1) is 12.8 Å². The second-order valence-corrected chi connectivity index (χ2v) is 6.06. The lowest BCUT2D eigenvalue weighted by atomic mass is 10.1. The molecule has 1 aromatic carbocycles. The van der Waals surface area contributed by atoms with Crippen LogP contribution in [0.15, 0.2) is 18.2 Å². The molecule has 2 atom stereocenters. The van der Waals surface area contributed by atoms with Crippen LogP contribution in [0.1, 0.15) is 51.3 Å². The summed E-state index contributed by atoms with van der Waals surface area (Å²) in [6, 6.07) is 5.76. The van der Waals surface area contributed by atoms with Gasteiger partial charge in [-0.3, -0.25) is 4.79 Å². The molecule has 0 bridgehead atoms. The second kappa shape index (κ2) is 8.03. The SMILES string of the molecule is Cc1ccc(C(C)N)c(OC(C)C(=O)NCCC(C)C)c1. The predicted molar refractivity (Wildman–Crippen MR) is 86.3 cm³/mol. The highest BCUT2D eigenvalue weighted by Gasteiger charge is 2.17. The van der Waals surface area contributed by atoms with E-state index < -0.39 is 6.10 Å². The standard InChI is InChI=1S/C17H28N2O2/c1-11(2)8-9-19-17(20)14(5)21-16-10-12(3)6-7-15(16)13(4)18/h6-7,10-11,13-14H,8-9,18H2,1-5H3,(H,19,20). The third-order valence-electron chi connectivity index (χ3n) is 3.35. The Hall–Kier alpha value is -1.55. The van der Waals surface area contributed by atoms with E-state index in [1.165, 1.54) is 0 Å². The normalized spacial score (nSPS) is 13.9. The van der Waals surface area contributed by atoms with E-state index >= 15 is 0 Å². The smallest absolute Gasteiger partial charge is 0.260 e. The Balaban J connectivity index is 2.67. The minimum absolute atomic E-state index is 0.0900. The molecule has 3 N–H and O–H groups in total. The Kier molecular flexibility index (Phi) is 6.69. The van der Waals surface area contributed by atoms with Crippen LogP contribution in [0.4, 0.5) is 0 Å². The van der Waals surface area contributed by atoms with Crippen LogP contribution < -0.4 is 15.8 Å². The van der Waals surface area contributed by atoms with Crippen molar-refractivity contribution in [2.24, 2.45) is 11.7 Å². The van der Waals surface area contributed by atoms with Crippen molar-refractivity contribution in [3.63, 3.8) is 0 Å². The van der Waals surface area contributed by atoms with Gasteiger partial charge >= 0.3 is 0 Å². The molecule has 1 amide bonds. The number of rotatable bonds is 7. The number of carbonyl (C=O) groups is 1. The average Bonchev–Trinajstić information content (AvgIpc) is 2.37. The number of carbonyl (C=O) groups excluding carboxylic acids is 1. The summed E-state index contributed by atoms with van der Waals surface area (Å²) in [6.07, 6.45) is 0.435. The maximum absolute atomic E-state index is 12.0. The summed E-state index contributed by atoms with van der Waals surface area (Å²) in [6.45, 7) is 10.6. The summed E-state index contributed by atoms with van der Waals surface area (Å²) in [5, 5.41) is 2.90. The van der Waals surface area contributed by atoms with Gasteiger partial charge in [0.2, 0.25) is 0 Å². The van der Waals surface area contributed by atoms with Gasteiger partial charge in [0.25, 0.3) is 5.91 Å². The zero-order valence-electron chi connectivity index (χ0n) is 13.8. The maximum atomic E-state index is 12.0. The van der Waals surface area contributed by atoms with E-state index in [4.69, 9.17) is 10.5 Å². The van der Waals surface area contributed by atoms with Gasteiger partial charge in [0.1, 0.15) is 5.75 Å². The second-order valence-electron chi connectivity index (χ2n) is 6.06. The Labute approximate surface area is 128 Å². The zero-order valence-corrected chi connectivity index (χ0v) is 13.8. The van der Waals surface area contributed by atoms with Crippen LogP contribution >= 0.6 is 0 Å². The minimum Gasteiger partial charge on any atom is -0.481 e. The molecule has 0 saturated carbocycles. The van der Waals surface area contributed by atoms with Gasteiger partial charge in [0.05, 0.1) is 0 Å². The highest BCUT2D eigenvalue weighted by atomic mass is 16.5. The number of amides is 1. The number of ether oxygens (including phenoxy) is 1. The van der Waals surface area contributed by atoms with Crippen molar-refractivity contribution >= 4 is 5.91 Å². The van der Waals surface area contributed by atoms with E-state index in [1.54, 1.807) is 6.92 Å². The Bertz CT molecular complexity index is 470. The molecule has 1 aromatic rings. The van der Waals surface area contributed by atoms with Crippen molar-refractivity contribution in [2.45, 2.75) is 53.2 Å². The lowest BCUT2D eigenvalue weighted by Crippen LogP contribution is -2.37. The minimum atomic E-state index is -0.531. The van der Waals surface area contributed by atoms with E-state index in [0.29, 0.717) is 18.2 Å². The molecule has 4 nitrogen and oxygen atoms in total. The molecule has 0 heterocycles. The van der Waals surface area contributed by atoms with Gasteiger partial charge in [-0.05, 0) is 44.7 Å². The third-order valence-corrected chi connectivity index (χ3v) is 3.35. The average molecular weight is 292 g/mol. The first-order valence-electron chi connectivity index (χ1n) is 7.61. The molecular formula is C17H28N2O2.